The largest absolute Gasteiger partial charge is 0.367 e. The van der Waals surface area contributed by atoms with Crippen molar-refractivity contribution < 1.29 is 13.2 Å². The summed E-state index contributed by atoms with van der Waals surface area (Å²) >= 11 is 6.42. The highest BCUT2D eigenvalue weighted by atomic mass is 35.5. The fourth-order valence-electron chi connectivity index (χ4n) is 5.61. The van der Waals surface area contributed by atoms with Gasteiger partial charge in [0.1, 0.15) is 0 Å². The number of para-hydroxylation sites is 1. The molecular weight excluding hydrogens is 534 g/mol. The van der Waals surface area contributed by atoms with E-state index in [1.807, 2.05) is 73.3 Å². The number of piperazine rings is 1. The van der Waals surface area contributed by atoms with Gasteiger partial charge in [-0.05, 0) is 38.5 Å². The first-order chi connectivity index (χ1) is 18.7. The molecule has 1 amide bonds. The van der Waals surface area contributed by atoms with Gasteiger partial charge in [-0.2, -0.15) is 5.10 Å². The third-order valence-corrected chi connectivity index (χ3v) is 9.80. The van der Waals surface area contributed by atoms with E-state index < -0.39 is 9.84 Å². The number of fused-ring (bicyclic) bond motifs is 1. The predicted octanol–water partition coefficient (Wildman–Crippen LogP) is 4.69. The molecular formula is C29H30ClN5O3S. The highest BCUT2D eigenvalue weighted by Gasteiger charge is 2.33. The Labute approximate surface area is 233 Å². The summed E-state index contributed by atoms with van der Waals surface area (Å²) in [6, 6.07) is 17.3. The molecule has 10 heteroatoms. The maximum Gasteiger partial charge on any atom is 0.254 e. The quantitative estimate of drug-likeness (QED) is 0.358. The van der Waals surface area contributed by atoms with Gasteiger partial charge in [0.2, 0.25) is 0 Å². The molecule has 0 bridgehead atoms. The first-order valence-electron chi connectivity index (χ1n) is 13.2. The van der Waals surface area contributed by atoms with Crippen LogP contribution in [0, 0.1) is 13.8 Å². The van der Waals surface area contributed by atoms with Crippen molar-refractivity contribution >= 4 is 44.1 Å². The highest BCUT2D eigenvalue weighted by molar-refractivity contribution is 7.91. The van der Waals surface area contributed by atoms with Crippen LogP contribution in [0.2, 0.25) is 5.02 Å². The molecule has 4 heterocycles. The Morgan fingerprint density at radius 1 is 1.00 bits per heavy atom. The van der Waals surface area contributed by atoms with Crippen LogP contribution in [0.3, 0.4) is 0 Å². The lowest BCUT2D eigenvalue weighted by Crippen LogP contribution is -2.49. The van der Waals surface area contributed by atoms with Crippen LogP contribution in [0.5, 0.6) is 0 Å². The number of hydrogen-bond acceptors (Lipinski definition) is 6. The van der Waals surface area contributed by atoms with Gasteiger partial charge in [-0.1, -0.05) is 53.6 Å². The van der Waals surface area contributed by atoms with Crippen LogP contribution >= 0.6 is 11.6 Å². The molecule has 2 aliphatic rings. The summed E-state index contributed by atoms with van der Waals surface area (Å²) in [4.78, 5) is 23.1. The second-order valence-corrected chi connectivity index (χ2v) is 13.1. The molecule has 2 aromatic heterocycles. The molecule has 1 unspecified atom stereocenters. The lowest BCUT2D eigenvalue weighted by Gasteiger charge is -2.36. The molecule has 0 spiro atoms. The number of carbonyl (C=O) groups excluding carboxylic acids is 1. The molecule has 2 saturated heterocycles. The van der Waals surface area contributed by atoms with Gasteiger partial charge >= 0.3 is 0 Å². The zero-order chi connectivity index (χ0) is 27.3. The second-order valence-electron chi connectivity index (χ2n) is 10.4. The Morgan fingerprint density at radius 2 is 1.72 bits per heavy atom. The fraction of sp³-hybridized carbons (Fsp3) is 0.345. The molecule has 0 N–H and O–H groups in total. The van der Waals surface area contributed by atoms with Crippen molar-refractivity contribution in [2.75, 3.05) is 42.6 Å². The Kier molecular flexibility index (Phi) is 6.59. The first kappa shape index (κ1) is 25.8. The van der Waals surface area contributed by atoms with Gasteiger partial charge < -0.3 is 9.80 Å². The fourth-order valence-corrected chi connectivity index (χ4v) is 7.55. The lowest BCUT2D eigenvalue weighted by molar-refractivity contribution is 0.0748. The van der Waals surface area contributed by atoms with E-state index in [1.165, 1.54) is 0 Å². The third-order valence-electron chi connectivity index (χ3n) is 7.73. The first-order valence-corrected chi connectivity index (χ1v) is 15.4. The van der Waals surface area contributed by atoms with Crippen LogP contribution in [0.25, 0.3) is 22.3 Å². The summed E-state index contributed by atoms with van der Waals surface area (Å²) in [7, 11) is -3.12. The SMILES string of the molecule is Cc1ccc(-c2cc(C(=O)N3CCN(c4ccccc4Cl)CC3)c3c(C)nn(C4CCS(=O)(=O)C4)c3n2)cc1. The summed E-state index contributed by atoms with van der Waals surface area (Å²) < 4.78 is 26.3. The Bertz CT molecular complexity index is 1680. The van der Waals surface area contributed by atoms with Crippen LogP contribution in [0.1, 0.15) is 34.1 Å². The number of benzene rings is 2. The monoisotopic (exact) mass is 563 g/mol. The normalized spacial score (nSPS) is 19.1. The van der Waals surface area contributed by atoms with E-state index >= 15 is 0 Å². The van der Waals surface area contributed by atoms with Crippen molar-refractivity contribution in [3.05, 3.63) is 76.4 Å². The summed E-state index contributed by atoms with van der Waals surface area (Å²) in [5.41, 5.74) is 5.45. The second kappa shape index (κ2) is 9.95. The summed E-state index contributed by atoms with van der Waals surface area (Å²) in [6.07, 6.45) is 0.488. The van der Waals surface area contributed by atoms with Crippen molar-refractivity contribution in [3.63, 3.8) is 0 Å². The van der Waals surface area contributed by atoms with Crippen LogP contribution in [0.15, 0.2) is 54.6 Å². The standard InChI is InChI=1S/C29H30ClN5O3S/c1-19-7-9-21(10-8-19)25-17-23(27-20(2)32-35(28(27)31-25)22-11-16-39(37,38)18-22)29(36)34-14-12-33(13-15-34)26-6-4-3-5-24(26)30/h3-10,17,22H,11-16,18H2,1-2H3. The van der Waals surface area contributed by atoms with Gasteiger partial charge in [0.25, 0.3) is 5.91 Å². The maximum atomic E-state index is 14.1. The van der Waals surface area contributed by atoms with E-state index in [-0.39, 0.29) is 23.5 Å². The number of anilines is 1. The number of aryl methyl sites for hydroxylation is 2. The van der Waals surface area contributed by atoms with Crippen molar-refractivity contribution in [3.8, 4) is 11.3 Å². The van der Waals surface area contributed by atoms with E-state index in [0.717, 1.165) is 16.8 Å². The minimum Gasteiger partial charge on any atom is -0.367 e. The Morgan fingerprint density at radius 3 is 2.38 bits per heavy atom. The van der Waals surface area contributed by atoms with E-state index in [1.54, 1.807) is 4.68 Å². The number of carbonyl (C=O) groups is 1. The average Bonchev–Trinajstić information content (AvgIpc) is 3.47. The number of pyridine rings is 1. The van der Waals surface area contributed by atoms with Gasteiger partial charge in [0.15, 0.2) is 15.5 Å². The molecule has 202 valence electrons. The van der Waals surface area contributed by atoms with Crippen molar-refractivity contribution in [2.24, 2.45) is 0 Å². The zero-order valence-electron chi connectivity index (χ0n) is 22.0. The van der Waals surface area contributed by atoms with Gasteiger partial charge in [0, 0.05) is 31.7 Å². The molecule has 6 rings (SSSR count). The van der Waals surface area contributed by atoms with Gasteiger partial charge in [0.05, 0.1) is 50.6 Å². The van der Waals surface area contributed by atoms with E-state index in [2.05, 4.69) is 4.90 Å². The minimum atomic E-state index is -3.12. The molecule has 0 aliphatic carbocycles. The lowest BCUT2D eigenvalue weighted by atomic mass is 10.0. The van der Waals surface area contributed by atoms with Crippen LogP contribution in [-0.4, -0.2) is 71.7 Å². The highest BCUT2D eigenvalue weighted by Crippen LogP contribution is 2.33. The maximum absolute atomic E-state index is 14.1. The molecule has 39 heavy (non-hydrogen) atoms. The number of sulfone groups is 1. The molecule has 0 radical (unpaired) electrons. The van der Waals surface area contributed by atoms with Gasteiger partial charge in [-0.15, -0.1) is 0 Å². The van der Waals surface area contributed by atoms with Crippen molar-refractivity contribution in [1.82, 2.24) is 19.7 Å². The number of aromatic nitrogens is 3. The molecule has 2 fully saturated rings. The summed E-state index contributed by atoms with van der Waals surface area (Å²) in [6.45, 7) is 6.35. The molecule has 2 aliphatic heterocycles. The molecule has 0 saturated carbocycles. The molecule has 1 atom stereocenters. The third kappa shape index (κ3) is 4.89. The summed E-state index contributed by atoms with van der Waals surface area (Å²) in [5.74, 6) is 0.0979. The number of hydrogen-bond donors (Lipinski definition) is 0. The predicted molar refractivity (Wildman–Crippen MR) is 154 cm³/mol. The Balaban J connectivity index is 1.39. The number of rotatable bonds is 4. The summed E-state index contributed by atoms with van der Waals surface area (Å²) in [5, 5.41) is 6.12. The van der Waals surface area contributed by atoms with Gasteiger partial charge in [-0.25, -0.2) is 18.1 Å². The Hall–Kier alpha value is -3.43. The topological polar surface area (TPSA) is 88.4 Å². The van der Waals surface area contributed by atoms with Crippen molar-refractivity contribution in [2.45, 2.75) is 26.3 Å². The van der Waals surface area contributed by atoms with Gasteiger partial charge in [-0.3, -0.25) is 4.79 Å². The number of nitrogens with zero attached hydrogens (tertiary/aromatic N) is 5. The van der Waals surface area contributed by atoms with E-state index in [9.17, 15) is 13.2 Å². The smallest absolute Gasteiger partial charge is 0.254 e. The molecule has 4 aromatic rings. The van der Waals surface area contributed by atoms with Crippen molar-refractivity contribution in [1.29, 1.82) is 0 Å². The minimum absolute atomic E-state index is 0.0347. The van der Waals surface area contributed by atoms with Crippen LogP contribution in [0.4, 0.5) is 5.69 Å². The zero-order valence-corrected chi connectivity index (χ0v) is 23.5. The average molecular weight is 564 g/mol. The molecule has 8 nitrogen and oxygen atoms in total. The molecule has 2 aromatic carbocycles. The van der Waals surface area contributed by atoms with E-state index in [4.69, 9.17) is 21.7 Å². The number of amides is 1. The van der Waals surface area contributed by atoms with E-state index in [0.29, 0.717) is 65.6 Å². The van der Waals surface area contributed by atoms with Crippen LogP contribution in [-0.2, 0) is 9.84 Å². The van der Waals surface area contributed by atoms with Crippen LogP contribution < -0.4 is 4.90 Å². The number of halogens is 1.